The first-order valence-corrected chi connectivity index (χ1v) is 8.08. The normalized spacial score (nSPS) is 13.4. The molecule has 0 unspecified atom stereocenters. The summed E-state index contributed by atoms with van der Waals surface area (Å²) < 4.78 is 21.5. The van der Waals surface area contributed by atoms with Crippen molar-refractivity contribution >= 4 is 5.91 Å². The Morgan fingerprint density at radius 1 is 1.16 bits per heavy atom. The number of amides is 1. The zero-order valence-corrected chi connectivity index (χ0v) is 14.9. The van der Waals surface area contributed by atoms with E-state index in [4.69, 9.17) is 18.7 Å². The van der Waals surface area contributed by atoms with Gasteiger partial charge < -0.3 is 23.6 Å². The third-order valence-corrected chi connectivity index (χ3v) is 4.21. The van der Waals surface area contributed by atoms with Crippen LogP contribution in [-0.2, 0) is 11.3 Å². The second-order valence-electron chi connectivity index (χ2n) is 6.07. The molecule has 1 amide bonds. The topological polar surface area (TPSA) is 74.0 Å². The molecule has 7 nitrogen and oxygen atoms in total. The SMILES string of the molecule is COc1cc(-c2cc(CN(C)C(=O)C3CC3)no2)cc(OC)c1OC. The van der Waals surface area contributed by atoms with Crippen LogP contribution in [0.5, 0.6) is 17.2 Å². The molecule has 1 heterocycles. The van der Waals surface area contributed by atoms with E-state index in [9.17, 15) is 4.79 Å². The molecule has 1 aromatic carbocycles. The largest absolute Gasteiger partial charge is 0.493 e. The first-order chi connectivity index (χ1) is 12.1. The molecule has 0 radical (unpaired) electrons. The number of hydrogen-bond donors (Lipinski definition) is 0. The standard InChI is InChI=1S/C18H22N2O5/c1-20(18(21)11-5-6-11)10-13-9-14(25-19-13)12-7-15(22-2)17(24-4)16(8-12)23-3/h7-9,11H,5-6,10H2,1-4H3. The van der Waals surface area contributed by atoms with E-state index in [1.807, 2.05) is 6.07 Å². The molecule has 0 saturated heterocycles. The van der Waals surface area contributed by atoms with Crippen molar-refractivity contribution in [3.05, 3.63) is 23.9 Å². The molecular formula is C18H22N2O5. The second-order valence-corrected chi connectivity index (χ2v) is 6.07. The van der Waals surface area contributed by atoms with E-state index in [1.165, 1.54) is 0 Å². The summed E-state index contributed by atoms with van der Waals surface area (Å²) in [7, 11) is 6.46. The quantitative estimate of drug-likeness (QED) is 0.767. The monoisotopic (exact) mass is 346 g/mol. The number of carbonyl (C=O) groups is 1. The van der Waals surface area contributed by atoms with E-state index in [-0.39, 0.29) is 11.8 Å². The number of rotatable bonds is 7. The zero-order valence-electron chi connectivity index (χ0n) is 14.9. The van der Waals surface area contributed by atoms with Gasteiger partial charge in [-0.3, -0.25) is 4.79 Å². The summed E-state index contributed by atoms with van der Waals surface area (Å²) in [5.74, 6) is 2.51. The minimum absolute atomic E-state index is 0.164. The third kappa shape index (κ3) is 3.55. The number of carbonyl (C=O) groups excluding carboxylic acids is 1. The Kier molecular flexibility index (Phi) is 4.83. The van der Waals surface area contributed by atoms with Gasteiger partial charge in [-0.1, -0.05) is 5.16 Å². The molecule has 0 aliphatic heterocycles. The molecule has 2 aromatic rings. The molecule has 0 bridgehead atoms. The summed E-state index contributed by atoms with van der Waals surface area (Å²) >= 11 is 0. The molecule has 0 spiro atoms. The summed E-state index contributed by atoms with van der Waals surface area (Å²) in [6.45, 7) is 0.420. The molecule has 134 valence electrons. The molecule has 1 aliphatic carbocycles. The molecule has 1 saturated carbocycles. The number of nitrogens with zero attached hydrogens (tertiary/aromatic N) is 2. The number of aromatic nitrogens is 1. The highest BCUT2D eigenvalue weighted by molar-refractivity contribution is 5.80. The van der Waals surface area contributed by atoms with Crippen molar-refractivity contribution in [2.45, 2.75) is 19.4 Å². The van der Waals surface area contributed by atoms with Crippen molar-refractivity contribution in [1.29, 1.82) is 0 Å². The highest BCUT2D eigenvalue weighted by Crippen LogP contribution is 2.41. The van der Waals surface area contributed by atoms with Gasteiger partial charge in [0.1, 0.15) is 5.69 Å². The van der Waals surface area contributed by atoms with Crippen molar-refractivity contribution < 1.29 is 23.5 Å². The van der Waals surface area contributed by atoms with Gasteiger partial charge in [0.2, 0.25) is 11.7 Å². The summed E-state index contributed by atoms with van der Waals surface area (Å²) in [5, 5.41) is 4.07. The molecule has 1 fully saturated rings. The van der Waals surface area contributed by atoms with E-state index < -0.39 is 0 Å². The van der Waals surface area contributed by atoms with E-state index in [0.29, 0.717) is 35.2 Å². The van der Waals surface area contributed by atoms with Gasteiger partial charge in [0, 0.05) is 24.6 Å². The van der Waals surface area contributed by atoms with Crippen LogP contribution < -0.4 is 14.2 Å². The zero-order chi connectivity index (χ0) is 18.0. The maximum absolute atomic E-state index is 12.0. The van der Waals surface area contributed by atoms with Gasteiger partial charge in [-0.25, -0.2) is 0 Å². The Balaban J connectivity index is 1.82. The van der Waals surface area contributed by atoms with Gasteiger partial charge in [-0.2, -0.15) is 0 Å². The molecule has 3 rings (SSSR count). The first kappa shape index (κ1) is 17.1. The van der Waals surface area contributed by atoms with Gasteiger partial charge in [0.05, 0.1) is 27.9 Å². The van der Waals surface area contributed by atoms with Crippen LogP contribution >= 0.6 is 0 Å². The van der Waals surface area contributed by atoms with Crippen molar-refractivity contribution in [3.63, 3.8) is 0 Å². The molecule has 7 heteroatoms. The molecular weight excluding hydrogens is 324 g/mol. The number of benzene rings is 1. The smallest absolute Gasteiger partial charge is 0.225 e. The van der Waals surface area contributed by atoms with E-state index >= 15 is 0 Å². The maximum Gasteiger partial charge on any atom is 0.225 e. The van der Waals surface area contributed by atoms with Crippen molar-refractivity contribution in [2.24, 2.45) is 5.92 Å². The van der Waals surface area contributed by atoms with Crippen molar-refractivity contribution in [3.8, 4) is 28.6 Å². The van der Waals surface area contributed by atoms with Gasteiger partial charge >= 0.3 is 0 Å². The van der Waals surface area contributed by atoms with Crippen LogP contribution in [0.25, 0.3) is 11.3 Å². The fraction of sp³-hybridized carbons (Fsp3) is 0.444. The second kappa shape index (κ2) is 7.04. The Morgan fingerprint density at radius 2 is 1.80 bits per heavy atom. The van der Waals surface area contributed by atoms with Crippen LogP contribution in [-0.4, -0.2) is 44.3 Å². The number of hydrogen-bond acceptors (Lipinski definition) is 6. The summed E-state index contributed by atoms with van der Waals surface area (Å²) in [6, 6.07) is 5.41. The lowest BCUT2D eigenvalue weighted by atomic mass is 10.1. The van der Waals surface area contributed by atoms with Gasteiger partial charge in [0.15, 0.2) is 17.3 Å². The number of ether oxygens (including phenoxy) is 3. The van der Waals surface area contributed by atoms with Crippen LogP contribution in [0.2, 0.25) is 0 Å². The molecule has 1 aliphatic rings. The average molecular weight is 346 g/mol. The lowest BCUT2D eigenvalue weighted by Crippen LogP contribution is -2.27. The number of methoxy groups -OCH3 is 3. The van der Waals surface area contributed by atoms with Crippen LogP contribution in [0.15, 0.2) is 22.7 Å². The van der Waals surface area contributed by atoms with Crippen molar-refractivity contribution in [1.82, 2.24) is 10.1 Å². The Bertz CT molecular complexity index is 742. The van der Waals surface area contributed by atoms with Gasteiger partial charge in [-0.05, 0) is 25.0 Å². The van der Waals surface area contributed by atoms with Crippen molar-refractivity contribution in [2.75, 3.05) is 28.4 Å². The molecule has 25 heavy (non-hydrogen) atoms. The third-order valence-electron chi connectivity index (χ3n) is 4.21. The van der Waals surface area contributed by atoms with Crippen LogP contribution in [0, 0.1) is 5.92 Å². The Morgan fingerprint density at radius 3 is 2.32 bits per heavy atom. The summed E-state index contributed by atoms with van der Waals surface area (Å²) in [4.78, 5) is 13.7. The molecule has 1 aromatic heterocycles. The molecule has 0 atom stereocenters. The van der Waals surface area contributed by atoms with E-state index in [2.05, 4.69) is 5.16 Å². The fourth-order valence-electron chi connectivity index (χ4n) is 2.71. The fourth-order valence-corrected chi connectivity index (χ4v) is 2.71. The highest BCUT2D eigenvalue weighted by Gasteiger charge is 2.32. The predicted molar refractivity (Wildman–Crippen MR) is 90.8 cm³/mol. The minimum Gasteiger partial charge on any atom is -0.493 e. The minimum atomic E-state index is 0.164. The van der Waals surface area contributed by atoms with Crippen LogP contribution in [0.4, 0.5) is 0 Å². The average Bonchev–Trinajstić information content (AvgIpc) is 3.38. The van der Waals surface area contributed by atoms with Crippen LogP contribution in [0.1, 0.15) is 18.5 Å². The van der Waals surface area contributed by atoms with Gasteiger partial charge in [-0.15, -0.1) is 0 Å². The first-order valence-electron chi connectivity index (χ1n) is 8.08. The summed E-state index contributed by atoms with van der Waals surface area (Å²) in [5.41, 5.74) is 1.45. The lowest BCUT2D eigenvalue weighted by molar-refractivity contribution is -0.131. The lowest BCUT2D eigenvalue weighted by Gasteiger charge is -2.14. The molecule has 0 N–H and O–H groups in total. The van der Waals surface area contributed by atoms with Crippen LogP contribution in [0.3, 0.4) is 0 Å². The van der Waals surface area contributed by atoms with E-state index in [0.717, 1.165) is 18.4 Å². The summed E-state index contributed by atoms with van der Waals surface area (Å²) in [6.07, 6.45) is 1.97. The Hall–Kier alpha value is -2.70. The van der Waals surface area contributed by atoms with Gasteiger partial charge in [0.25, 0.3) is 0 Å². The highest BCUT2D eigenvalue weighted by atomic mass is 16.5. The predicted octanol–water partition coefficient (Wildman–Crippen LogP) is 2.74. The maximum atomic E-state index is 12.0. The Labute approximate surface area is 146 Å². The van der Waals surface area contributed by atoms with E-state index in [1.54, 1.807) is 45.4 Å².